The summed E-state index contributed by atoms with van der Waals surface area (Å²) in [6.45, 7) is -0.162. The zero-order valence-electron chi connectivity index (χ0n) is 5.27. The molecule has 0 radical (unpaired) electrons. The van der Waals surface area contributed by atoms with Gasteiger partial charge in [-0.3, -0.25) is 0 Å². The summed E-state index contributed by atoms with van der Waals surface area (Å²) in [7, 11) is 0. The zero-order valence-corrected chi connectivity index (χ0v) is 5.27. The third-order valence-electron chi connectivity index (χ3n) is 0.988. The first kappa shape index (κ1) is 8.80. The first-order valence-corrected chi connectivity index (χ1v) is 2.75. The van der Waals surface area contributed by atoms with Crippen LogP contribution in [0, 0.1) is 14.7 Å². The van der Waals surface area contributed by atoms with Crippen molar-refractivity contribution in [2.45, 2.75) is 12.5 Å². The van der Waals surface area contributed by atoms with Crippen LogP contribution in [0.1, 0.15) is 6.42 Å². The Morgan fingerprint density at radius 1 is 1.10 bits per heavy atom. The van der Waals surface area contributed by atoms with Crippen molar-refractivity contribution in [2.75, 3.05) is 13.1 Å². The second-order valence-electron chi connectivity index (χ2n) is 1.71. The average Bonchev–Trinajstić information content (AvgIpc) is 1.98. The average molecular weight is 145 g/mol. The Morgan fingerprint density at radius 3 is 2.20 bits per heavy atom. The molecule has 0 saturated heterocycles. The third kappa shape index (κ3) is 3.76. The normalized spacial score (nSPS) is 12.0. The van der Waals surface area contributed by atoms with E-state index in [0.717, 1.165) is 0 Å². The highest BCUT2D eigenvalue weighted by Crippen LogP contribution is 1.97. The largest absolute Gasteiger partial charge is 0.151 e. The second-order valence-corrected chi connectivity index (χ2v) is 1.71. The molecule has 0 aromatic heterocycles. The van der Waals surface area contributed by atoms with Gasteiger partial charge in [0.15, 0.2) is 0 Å². The molecular weight excluding hydrogens is 138 g/mol. The highest BCUT2D eigenvalue weighted by molar-refractivity contribution is 4.68. The molecule has 0 bridgehead atoms. The van der Waals surface area contributed by atoms with Gasteiger partial charge in [-0.1, -0.05) is 15.5 Å². The van der Waals surface area contributed by atoms with Crippen molar-refractivity contribution in [2.24, 2.45) is 15.5 Å². The Bertz CT molecular complexity index is 127. The number of hydrogen-bond acceptors (Lipinski definition) is 6. The second kappa shape index (κ2) is 5.93. The molecule has 0 unspecified atom stereocenters. The van der Waals surface area contributed by atoms with Crippen molar-refractivity contribution in [3.8, 4) is 0 Å². The van der Waals surface area contributed by atoms with Gasteiger partial charge in [-0.25, -0.2) is 0 Å². The van der Waals surface area contributed by atoms with Gasteiger partial charge in [-0.05, 0) is 6.42 Å². The monoisotopic (exact) mass is 145 g/mol. The van der Waals surface area contributed by atoms with Crippen molar-refractivity contribution < 1.29 is 0 Å². The van der Waals surface area contributed by atoms with Crippen LogP contribution in [-0.2, 0) is 0 Å². The van der Waals surface area contributed by atoms with Gasteiger partial charge in [0.1, 0.15) is 12.6 Å². The Kier molecular flexibility index (Phi) is 5.22. The Labute approximate surface area is 56.9 Å². The van der Waals surface area contributed by atoms with Crippen LogP contribution in [0.5, 0.6) is 0 Å². The Balaban J connectivity index is 3.47. The smallest absolute Gasteiger partial charge is 0.117 e. The molecule has 56 valence electrons. The van der Waals surface area contributed by atoms with Crippen LogP contribution in [0.3, 0.4) is 0 Å². The minimum atomic E-state index is -0.685. The van der Waals surface area contributed by atoms with Crippen LogP contribution >= 0.6 is 0 Å². The molecule has 0 aliphatic heterocycles. The van der Waals surface area contributed by atoms with E-state index in [1.165, 1.54) is 0 Å². The van der Waals surface area contributed by atoms with Crippen LogP contribution in [0.4, 0.5) is 0 Å². The predicted octanol–water partition coefficient (Wildman–Crippen LogP) is 1.04. The molecule has 0 aromatic rings. The van der Waals surface area contributed by atoms with Gasteiger partial charge in [0, 0.05) is 0 Å². The van der Waals surface area contributed by atoms with Crippen molar-refractivity contribution in [1.82, 2.24) is 0 Å². The van der Waals surface area contributed by atoms with Crippen LogP contribution < -0.4 is 0 Å². The van der Waals surface area contributed by atoms with Crippen LogP contribution in [0.2, 0.25) is 0 Å². The maximum Gasteiger partial charge on any atom is 0.117 e. The van der Waals surface area contributed by atoms with Crippen molar-refractivity contribution in [3.05, 3.63) is 14.7 Å². The lowest BCUT2D eigenvalue weighted by atomic mass is 10.2. The molecule has 0 saturated carbocycles. The molecule has 0 heterocycles. The summed E-state index contributed by atoms with van der Waals surface area (Å²) in [6.07, 6.45) is 0.207. The topological polar surface area (TPSA) is 88.3 Å². The zero-order chi connectivity index (χ0) is 7.82. The van der Waals surface area contributed by atoms with Gasteiger partial charge < -0.3 is 0 Å². The third-order valence-corrected chi connectivity index (χ3v) is 0.988. The molecule has 0 aliphatic rings. The van der Waals surface area contributed by atoms with E-state index in [2.05, 4.69) is 15.5 Å². The maximum atomic E-state index is 9.81. The first-order valence-electron chi connectivity index (χ1n) is 2.75. The molecule has 6 heteroatoms. The van der Waals surface area contributed by atoms with Crippen LogP contribution in [-0.4, -0.2) is 19.1 Å². The summed E-state index contributed by atoms with van der Waals surface area (Å²) >= 11 is 0. The Hall–Kier alpha value is -1.20. The van der Waals surface area contributed by atoms with Gasteiger partial charge in [0.2, 0.25) is 0 Å². The van der Waals surface area contributed by atoms with Crippen molar-refractivity contribution in [1.29, 1.82) is 0 Å². The van der Waals surface area contributed by atoms with E-state index in [1.54, 1.807) is 0 Å². The highest BCUT2D eigenvalue weighted by Gasteiger charge is 2.07. The maximum absolute atomic E-state index is 9.81. The molecular formula is C4H7N3O3. The summed E-state index contributed by atoms with van der Waals surface area (Å²) in [5, 5.41) is 7.56. The van der Waals surface area contributed by atoms with E-state index in [0.29, 0.717) is 0 Å². The Morgan fingerprint density at radius 2 is 1.80 bits per heavy atom. The van der Waals surface area contributed by atoms with Crippen molar-refractivity contribution in [3.63, 3.8) is 0 Å². The summed E-state index contributed by atoms with van der Waals surface area (Å²) < 4.78 is 0. The number of hydrogen-bond donors (Lipinski definition) is 0. The van der Waals surface area contributed by atoms with E-state index in [4.69, 9.17) is 0 Å². The summed E-state index contributed by atoms with van der Waals surface area (Å²) in [4.78, 5) is 28.9. The molecule has 0 fully saturated rings. The quantitative estimate of drug-likeness (QED) is 0.523. The predicted molar refractivity (Wildman–Crippen MR) is 35.5 cm³/mol. The standard InChI is InChI=1S/C4H7N3O3/c8-5-2-1-4(7-10)3-6-9/h4H,1-3H2/t4-/m0/s1. The number of rotatable bonds is 6. The minimum absolute atomic E-state index is 0.00588. The summed E-state index contributed by atoms with van der Waals surface area (Å²) in [5.41, 5.74) is 0. The minimum Gasteiger partial charge on any atom is -0.151 e. The molecule has 0 amide bonds. The van der Waals surface area contributed by atoms with Crippen molar-refractivity contribution >= 4 is 0 Å². The van der Waals surface area contributed by atoms with Gasteiger partial charge >= 0.3 is 0 Å². The lowest BCUT2D eigenvalue weighted by Gasteiger charge is -1.97. The number of nitrogens with zero attached hydrogens (tertiary/aromatic N) is 3. The van der Waals surface area contributed by atoms with E-state index in [-0.39, 0.29) is 19.5 Å². The number of nitroso groups, excluding NO2 is 3. The fourth-order valence-corrected chi connectivity index (χ4v) is 0.465. The van der Waals surface area contributed by atoms with Crippen LogP contribution in [0.25, 0.3) is 0 Å². The van der Waals surface area contributed by atoms with E-state index < -0.39 is 6.04 Å². The highest BCUT2D eigenvalue weighted by atomic mass is 16.3. The SMILES string of the molecule is O=NCC[C@@H](CN=O)N=O. The van der Waals surface area contributed by atoms with Crippen LogP contribution in [0.15, 0.2) is 15.5 Å². The fraction of sp³-hybridized carbons (Fsp3) is 1.00. The lowest BCUT2D eigenvalue weighted by Crippen LogP contribution is -2.08. The molecule has 10 heavy (non-hydrogen) atoms. The summed E-state index contributed by atoms with van der Waals surface area (Å²) in [5.74, 6) is 0. The fourth-order valence-electron chi connectivity index (χ4n) is 0.465. The molecule has 6 nitrogen and oxygen atoms in total. The van der Waals surface area contributed by atoms with Gasteiger partial charge in [-0.15, -0.1) is 0 Å². The summed E-state index contributed by atoms with van der Waals surface area (Å²) in [6, 6.07) is -0.685. The molecule has 0 aliphatic carbocycles. The lowest BCUT2D eigenvalue weighted by molar-refractivity contribution is 0.628. The first-order chi connectivity index (χ1) is 4.85. The molecule has 0 aromatic carbocycles. The van der Waals surface area contributed by atoms with E-state index >= 15 is 0 Å². The van der Waals surface area contributed by atoms with Gasteiger partial charge in [0.25, 0.3) is 0 Å². The van der Waals surface area contributed by atoms with Gasteiger partial charge in [-0.2, -0.15) is 14.7 Å². The van der Waals surface area contributed by atoms with E-state index in [9.17, 15) is 14.7 Å². The van der Waals surface area contributed by atoms with E-state index in [1.807, 2.05) is 0 Å². The molecule has 1 atom stereocenters. The van der Waals surface area contributed by atoms with Gasteiger partial charge in [0.05, 0.1) is 6.54 Å². The molecule has 0 N–H and O–H groups in total. The molecule has 0 rings (SSSR count). The molecule has 0 spiro atoms.